The highest BCUT2D eigenvalue weighted by molar-refractivity contribution is 5.93. The first kappa shape index (κ1) is 22.9. The summed E-state index contributed by atoms with van der Waals surface area (Å²) >= 11 is 0. The van der Waals surface area contributed by atoms with Crippen molar-refractivity contribution in [3.05, 3.63) is 88.3 Å². The monoisotopic (exact) mass is 459 g/mol. The lowest BCUT2D eigenvalue weighted by molar-refractivity contribution is -0.118. The Hall–Kier alpha value is -4.26. The van der Waals surface area contributed by atoms with Crippen LogP contribution in [0.2, 0.25) is 0 Å². The zero-order valence-corrected chi connectivity index (χ0v) is 19.2. The number of nitrogens with one attached hydrogen (secondary N) is 1. The summed E-state index contributed by atoms with van der Waals surface area (Å²) in [5.74, 6) is 1.31. The summed E-state index contributed by atoms with van der Waals surface area (Å²) in [4.78, 5) is 25.2. The molecule has 0 spiro atoms. The zero-order chi connectivity index (χ0) is 24.1. The summed E-state index contributed by atoms with van der Waals surface area (Å²) in [5, 5.41) is 3.12. The average Bonchev–Trinajstić information content (AvgIpc) is 2.80. The van der Waals surface area contributed by atoms with Crippen LogP contribution < -0.4 is 25.0 Å². The van der Waals surface area contributed by atoms with E-state index in [9.17, 15) is 9.59 Å². The Balaban J connectivity index is 1.45. The SMILES string of the molecule is CCOc1ccccc1NC(=O)COc1ccc2c(=O)c(Oc3cc(C)cc(C)c3)coc2c1. The lowest BCUT2D eigenvalue weighted by Gasteiger charge is -2.12. The van der Waals surface area contributed by atoms with Crippen LogP contribution in [0.1, 0.15) is 18.1 Å². The molecule has 4 rings (SSSR count). The molecule has 0 saturated carbocycles. The van der Waals surface area contributed by atoms with Gasteiger partial charge in [-0.15, -0.1) is 0 Å². The number of fused-ring (bicyclic) bond motifs is 1. The molecule has 0 radical (unpaired) electrons. The maximum absolute atomic E-state index is 12.9. The van der Waals surface area contributed by atoms with Gasteiger partial charge in [-0.25, -0.2) is 0 Å². The number of aryl methyl sites for hydroxylation is 2. The van der Waals surface area contributed by atoms with Gasteiger partial charge in [0.2, 0.25) is 11.2 Å². The number of hydrogen-bond acceptors (Lipinski definition) is 6. The minimum atomic E-state index is -0.342. The molecule has 1 amide bonds. The quantitative estimate of drug-likeness (QED) is 0.368. The fourth-order valence-corrected chi connectivity index (χ4v) is 3.56. The van der Waals surface area contributed by atoms with E-state index >= 15 is 0 Å². The fraction of sp³-hybridized carbons (Fsp3) is 0.185. The van der Waals surface area contributed by atoms with Gasteiger partial charge in [0.25, 0.3) is 5.91 Å². The van der Waals surface area contributed by atoms with E-state index in [1.165, 1.54) is 6.26 Å². The van der Waals surface area contributed by atoms with Crippen molar-refractivity contribution in [2.45, 2.75) is 20.8 Å². The van der Waals surface area contributed by atoms with Crippen molar-refractivity contribution in [3.8, 4) is 23.0 Å². The molecule has 0 unspecified atom stereocenters. The van der Waals surface area contributed by atoms with Gasteiger partial charge in [0.15, 0.2) is 6.61 Å². The third-order valence-corrected chi connectivity index (χ3v) is 4.97. The van der Waals surface area contributed by atoms with Crippen LogP contribution >= 0.6 is 0 Å². The molecule has 0 aliphatic rings. The second-order valence-corrected chi connectivity index (χ2v) is 7.78. The molecule has 174 valence electrons. The molecular formula is C27H25NO6. The first-order valence-corrected chi connectivity index (χ1v) is 10.9. The summed E-state index contributed by atoms with van der Waals surface area (Å²) in [5.41, 5.74) is 2.67. The first-order chi connectivity index (χ1) is 16.4. The highest BCUT2D eigenvalue weighted by Crippen LogP contribution is 2.26. The van der Waals surface area contributed by atoms with Crippen LogP contribution in [-0.2, 0) is 4.79 Å². The Kier molecular flexibility index (Phi) is 6.82. The van der Waals surface area contributed by atoms with Crippen molar-refractivity contribution in [1.29, 1.82) is 0 Å². The van der Waals surface area contributed by atoms with Gasteiger partial charge in [0.1, 0.15) is 29.1 Å². The Morgan fingerprint density at radius 3 is 2.44 bits per heavy atom. The number of benzene rings is 3. The predicted molar refractivity (Wildman–Crippen MR) is 130 cm³/mol. The molecule has 4 aromatic rings. The Bertz CT molecular complexity index is 1370. The van der Waals surface area contributed by atoms with Gasteiger partial charge in [-0.2, -0.15) is 0 Å². The number of hydrogen-bond donors (Lipinski definition) is 1. The zero-order valence-electron chi connectivity index (χ0n) is 19.2. The average molecular weight is 459 g/mol. The molecule has 0 saturated heterocycles. The van der Waals surface area contributed by atoms with E-state index in [2.05, 4.69) is 5.32 Å². The van der Waals surface area contributed by atoms with E-state index < -0.39 is 0 Å². The number of para-hydroxylation sites is 2. The molecule has 0 bridgehead atoms. The molecule has 7 nitrogen and oxygen atoms in total. The van der Waals surface area contributed by atoms with Crippen LogP contribution in [0.15, 0.2) is 76.1 Å². The van der Waals surface area contributed by atoms with Crippen LogP contribution in [0.25, 0.3) is 11.0 Å². The van der Waals surface area contributed by atoms with E-state index in [1.807, 2.05) is 51.1 Å². The largest absolute Gasteiger partial charge is 0.492 e. The molecule has 1 aromatic heterocycles. The van der Waals surface area contributed by atoms with E-state index in [-0.39, 0.29) is 23.7 Å². The lowest BCUT2D eigenvalue weighted by atomic mass is 10.1. The fourth-order valence-electron chi connectivity index (χ4n) is 3.56. The van der Waals surface area contributed by atoms with Crippen LogP contribution in [0.4, 0.5) is 5.69 Å². The van der Waals surface area contributed by atoms with Crippen LogP contribution in [-0.4, -0.2) is 19.1 Å². The summed E-state index contributed by atoms with van der Waals surface area (Å²) in [7, 11) is 0. The van der Waals surface area contributed by atoms with E-state index in [0.29, 0.717) is 40.5 Å². The standard InChI is InChI=1S/C27H25NO6/c1-4-31-23-8-6-5-7-22(23)28-26(29)16-32-19-9-10-21-24(14-19)33-15-25(27(21)30)34-20-12-17(2)11-18(3)13-20/h5-15H,4,16H2,1-3H3,(H,28,29). The molecular weight excluding hydrogens is 434 g/mol. The van der Waals surface area contributed by atoms with Crippen LogP contribution in [0.5, 0.6) is 23.0 Å². The molecule has 0 aliphatic heterocycles. The molecule has 3 aromatic carbocycles. The third-order valence-electron chi connectivity index (χ3n) is 4.97. The summed E-state index contributed by atoms with van der Waals surface area (Å²) < 4.78 is 22.5. The minimum absolute atomic E-state index is 0.0958. The topological polar surface area (TPSA) is 87.0 Å². The van der Waals surface area contributed by atoms with Crippen molar-refractivity contribution in [1.82, 2.24) is 0 Å². The summed E-state index contributed by atoms with van der Waals surface area (Å²) in [6, 6.07) is 17.7. The van der Waals surface area contributed by atoms with Gasteiger partial charge in [-0.05, 0) is 68.3 Å². The Labute approximate surface area is 196 Å². The van der Waals surface area contributed by atoms with Crippen LogP contribution in [0.3, 0.4) is 0 Å². The van der Waals surface area contributed by atoms with Gasteiger partial charge in [-0.1, -0.05) is 18.2 Å². The van der Waals surface area contributed by atoms with Crippen LogP contribution in [0, 0.1) is 13.8 Å². The van der Waals surface area contributed by atoms with Gasteiger partial charge < -0.3 is 23.9 Å². The van der Waals surface area contributed by atoms with Crippen molar-refractivity contribution < 1.29 is 23.4 Å². The van der Waals surface area contributed by atoms with Gasteiger partial charge in [0, 0.05) is 6.07 Å². The van der Waals surface area contributed by atoms with E-state index in [1.54, 1.807) is 30.3 Å². The van der Waals surface area contributed by atoms with Crippen molar-refractivity contribution in [2.75, 3.05) is 18.5 Å². The minimum Gasteiger partial charge on any atom is -0.492 e. The molecule has 1 N–H and O–H groups in total. The maximum Gasteiger partial charge on any atom is 0.262 e. The Morgan fingerprint density at radius 2 is 1.68 bits per heavy atom. The lowest BCUT2D eigenvalue weighted by Crippen LogP contribution is -2.20. The van der Waals surface area contributed by atoms with Gasteiger partial charge in [0.05, 0.1) is 17.7 Å². The van der Waals surface area contributed by atoms with E-state index in [0.717, 1.165) is 11.1 Å². The molecule has 0 fully saturated rings. The second kappa shape index (κ2) is 10.1. The highest BCUT2D eigenvalue weighted by Gasteiger charge is 2.12. The smallest absolute Gasteiger partial charge is 0.262 e. The summed E-state index contributed by atoms with van der Waals surface area (Å²) in [6.45, 7) is 6.07. The van der Waals surface area contributed by atoms with Gasteiger partial charge in [-0.3, -0.25) is 9.59 Å². The summed E-state index contributed by atoms with van der Waals surface area (Å²) in [6.07, 6.45) is 1.28. The van der Waals surface area contributed by atoms with Crippen molar-refractivity contribution in [3.63, 3.8) is 0 Å². The van der Waals surface area contributed by atoms with Crippen molar-refractivity contribution >= 4 is 22.6 Å². The predicted octanol–water partition coefficient (Wildman–Crippen LogP) is 5.62. The second-order valence-electron chi connectivity index (χ2n) is 7.78. The normalized spacial score (nSPS) is 10.7. The number of carbonyl (C=O) groups excluding carboxylic acids is 1. The number of ether oxygens (including phenoxy) is 3. The first-order valence-electron chi connectivity index (χ1n) is 10.9. The number of amides is 1. The number of anilines is 1. The molecule has 0 atom stereocenters. The van der Waals surface area contributed by atoms with Crippen molar-refractivity contribution in [2.24, 2.45) is 0 Å². The van der Waals surface area contributed by atoms with E-state index in [4.69, 9.17) is 18.6 Å². The molecule has 0 aliphatic carbocycles. The molecule has 7 heteroatoms. The molecule has 1 heterocycles. The Morgan fingerprint density at radius 1 is 0.912 bits per heavy atom. The van der Waals surface area contributed by atoms with Gasteiger partial charge >= 0.3 is 0 Å². The maximum atomic E-state index is 12.9. The third kappa shape index (κ3) is 5.38. The number of carbonyl (C=O) groups is 1. The molecule has 34 heavy (non-hydrogen) atoms. The number of rotatable bonds is 8. The highest BCUT2D eigenvalue weighted by atomic mass is 16.5.